The molecule has 0 saturated heterocycles. The van der Waals surface area contributed by atoms with Gasteiger partial charge in [-0.05, 0) is 5.69 Å². The van der Waals surface area contributed by atoms with Gasteiger partial charge >= 0.3 is 0 Å². The molecule has 2 radical (unpaired) electrons. The average Bonchev–Trinajstić information content (AvgIpc) is 2.38. The molecule has 110 valence electrons. The van der Waals surface area contributed by atoms with Gasteiger partial charge in [-0.2, -0.15) is 12.1 Å². The molecule has 0 aromatic heterocycles. The summed E-state index contributed by atoms with van der Waals surface area (Å²) < 4.78 is 0. The fourth-order valence-corrected chi connectivity index (χ4v) is 0.897. The topological polar surface area (TPSA) is 78.4 Å². The van der Waals surface area contributed by atoms with E-state index in [0.29, 0.717) is 0 Å². The minimum Gasteiger partial charge on any atom is -0.533 e. The molecule has 2 amide bonds. The molecule has 0 aliphatic rings. The van der Waals surface area contributed by atoms with Gasteiger partial charge in [0, 0.05) is 63.9 Å². The first-order valence-corrected chi connectivity index (χ1v) is 5.79. The number of phenols is 1. The Morgan fingerprint density at radius 3 is 2.15 bits per heavy atom. The normalized spacial score (nSPS) is 7.05. The molecule has 20 heavy (non-hydrogen) atoms. The van der Waals surface area contributed by atoms with Crippen molar-refractivity contribution in [2.24, 2.45) is 0 Å². The first-order chi connectivity index (χ1) is 8.63. The number of benzene rings is 1. The van der Waals surface area contributed by atoms with Crippen molar-refractivity contribution in [2.75, 3.05) is 10.6 Å². The maximum atomic E-state index is 10.7. The first kappa shape index (κ1) is 27.9. The van der Waals surface area contributed by atoms with Crippen LogP contribution in [-0.4, -0.2) is 17.4 Å². The van der Waals surface area contributed by atoms with Crippen LogP contribution >= 0.6 is 0 Å². The van der Waals surface area contributed by atoms with Crippen molar-refractivity contribution >= 4 is 23.7 Å². The quantitative estimate of drug-likeness (QED) is 0.421. The van der Waals surface area contributed by atoms with Crippen LogP contribution in [0.3, 0.4) is 0 Å². The van der Waals surface area contributed by atoms with E-state index in [9.17, 15) is 14.7 Å². The third kappa shape index (κ3) is 12.7. The molecule has 0 aliphatic carbocycles. The number of hydrogen-bond donors (Lipinski definition) is 3. The van der Waals surface area contributed by atoms with E-state index in [1.807, 2.05) is 27.7 Å². The summed E-state index contributed by atoms with van der Waals surface area (Å²) in [6.45, 7) is 9.32. The molecule has 0 atom stereocenters. The molecule has 0 aliphatic heterocycles. The minimum absolute atomic E-state index is 0. The number of amides is 2. The minimum atomic E-state index is -0.295. The maximum Gasteiger partial charge on any atom is 0.210 e. The Bertz CT molecular complexity index is 377. The van der Waals surface area contributed by atoms with Gasteiger partial charge in [-0.15, -0.1) is 0 Å². The van der Waals surface area contributed by atoms with E-state index in [1.165, 1.54) is 25.5 Å². The fraction of sp³-hybridized carbons (Fsp3) is 0.385. The summed E-state index contributed by atoms with van der Waals surface area (Å²) in [5, 5.41) is 14.0. The molecule has 0 heterocycles. The van der Waals surface area contributed by atoms with Gasteiger partial charge in [0.25, 0.3) is 0 Å². The number of hydrogen-bond acceptors (Lipinski definition) is 3. The summed E-state index contributed by atoms with van der Waals surface area (Å²) in [4.78, 5) is 20.6. The first-order valence-electron chi connectivity index (χ1n) is 5.79. The molecule has 7 heteroatoms. The molecule has 0 unspecified atom stereocenters. The molecule has 1 aromatic rings. The van der Waals surface area contributed by atoms with E-state index < -0.39 is 0 Å². The Kier molecular flexibility index (Phi) is 26.0. The van der Waals surface area contributed by atoms with Crippen LogP contribution in [0.4, 0.5) is 11.4 Å². The van der Waals surface area contributed by atoms with Crippen LogP contribution < -0.4 is 10.6 Å². The van der Waals surface area contributed by atoms with Crippen molar-refractivity contribution in [1.29, 1.82) is 0 Å². The second-order valence-corrected chi connectivity index (χ2v) is 2.55. The van der Waals surface area contributed by atoms with Gasteiger partial charge in [0.05, 0.1) is 6.41 Å². The second-order valence-electron chi connectivity index (χ2n) is 2.55. The third-order valence-corrected chi connectivity index (χ3v) is 1.43. The Morgan fingerprint density at radius 2 is 1.80 bits per heavy atom. The second kappa shape index (κ2) is 18.6. The van der Waals surface area contributed by atoms with Crippen LogP contribution in [0.2, 0.25) is 0 Å². The molecule has 0 spiro atoms. The van der Waals surface area contributed by atoms with Gasteiger partial charge in [-0.1, -0.05) is 27.7 Å². The largest absolute Gasteiger partial charge is 0.533 e. The van der Waals surface area contributed by atoms with Crippen molar-refractivity contribution in [3.8, 4) is 5.75 Å². The zero-order chi connectivity index (χ0) is 14.6. The Labute approximate surface area is 158 Å². The Hall–Kier alpha value is -0.352. The van der Waals surface area contributed by atoms with Crippen molar-refractivity contribution < 1.29 is 66.0 Å². The van der Waals surface area contributed by atoms with Gasteiger partial charge < -0.3 is 20.5 Å². The SMILES string of the molecule is CC.CC.CC(=O)Nc1c[c-]c(N[C-]=O)cc1O.[V].[Y]. The summed E-state index contributed by atoms with van der Waals surface area (Å²) in [7, 11) is 0. The van der Waals surface area contributed by atoms with E-state index >= 15 is 0 Å². The molecule has 0 saturated carbocycles. The average molecular weight is 392 g/mol. The van der Waals surface area contributed by atoms with Gasteiger partial charge in [0.15, 0.2) is 0 Å². The van der Waals surface area contributed by atoms with Crippen LogP contribution in [0.25, 0.3) is 0 Å². The van der Waals surface area contributed by atoms with Crippen LogP contribution in [0, 0.1) is 6.07 Å². The zero-order valence-electron chi connectivity index (χ0n) is 12.4. The zero-order valence-corrected chi connectivity index (χ0v) is 16.7. The number of rotatable bonds is 3. The summed E-state index contributed by atoms with van der Waals surface area (Å²) in [6.07, 6.45) is 1.44. The van der Waals surface area contributed by atoms with E-state index in [-0.39, 0.29) is 74.3 Å². The monoisotopic (exact) mass is 392 g/mol. The van der Waals surface area contributed by atoms with Crippen LogP contribution in [0.1, 0.15) is 34.6 Å². The number of carbonyl (C=O) groups is 1. The maximum absolute atomic E-state index is 10.7. The van der Waals surface area contributed by atoms with Gasteiger partial charge in [0.1, 0.15) is 0 Å². The smallest absolute Gasteiger partial charge is 0.210 e. The molecule has 1 aromatic carbocycles. The third-order valence-electron chi connectivity index (χ3n) is 1.43. The molecule has 5 nitrogen and oxygen atoms in total. The molecule has 0 fully saturated rings. The summed E-state index contributed by atoms with van der Waals surface area (Å²) >= 11 is 0. The summed E-state index contributed by atoms with van der Waals surface area (Å²) in [5.41, 5.74) is 0.528. The Morgan fingerprint density at radius 1 is 1.30 bits per heavy atom. The number of phenolic OH excluding ortho intramolecular Hbond substituents is 1. The van der Waals surface area contributed by atoms with Gasteiger partial charge in [0.2, 0.25) is 5.91 Å². The molecule has 3 N–H and O–H groups in total. The molecule has 1 rings (SSSR count). The van der Waals surface area contributed by atoms with Gasteiger partial charge in [-0.3, -0.25) is 10.9 Å². The van der Waals surface area contributed by atoms with Crippen molar-refractivity contribution in [2.45, 2.75) is 34.6 Å². The van der Waals surface area contributed by atoms with E-state index in [1.54, 1.807) is 0 Å². The van der Waals surface area contributed by atoms with Gasteiger partial charge in [-0.25, -0.2) is 5.69 Å². The fourth-order valence-electron chi connectivity index (χ4n) is 0.897. The van der Waals surface area contributed by atoms with E-state index in [0.717, 1.165) is 0 Å². The molecular weight excluding hydrogens is 372 g/mol. The number of nitrogens with one attached hydrogen (secondary N) is 2. The standard InChI is InChI=1S/C9H8N2O3.2C2H6.V.Y/c1-6(13)11-8-3-2-7(10-5-12)4-9(8)14;2*1-2;;/h3-4,14H,1H3,(H,10,12)(H,11,13);2*1-2H3;;/q-2;;;;. The number of carbonyl (C=O) groups excluding carboxylic acids is 2. The van der Waals surface area contributed by atoms with Crippen LogP contribution in [0.15, 0.2) is 12.1 Å². The summed E-state index contributed by atoms with van der Waals surface area (Å²) in [6, 6.07) is 5.25. The van der Waals surface area contributed by atoms with Crippen LogP contribution in [0.5, 0.6) is 5.75 Å². The van der Waals surface area contributed by atoms with E-state index in [2.05, 4.69) is 16.7 Å². The van der Waals surface area contributed by atoms with Crippen molar-refractivity contribution in [1.82, 2.24) is 0 Å². The summed E-state index contributed by atoms with van der Waals surface area (Å²) in [5.74, 6) is -0.437. The predicted octanol–water partition coefficient (Wildman–Crippen LogP) is 2.68. The van der Waals surface area contributed by atoms with Crippen molar-refractivity contribution in [3.63, 3.8) is 0 Å². The van der Waals surface area contributed by atoms with Crippen molar-refractivity contribution in [3.05, 3.63) is 18.2 Å². The number of aromatic hydroxyl groups is 1. The van der Waals surface area contributed by atoms with E-state index in [4.69, 9.17) is 0 Å². The van der Waals surface area contributed by atoms with Crippen LogP contribution in [-0.2, 0) is 60.9 Å². The number of anilines is 2. The molecular formula is C13H20N2O3VY-2. The predicted molar refractivity (Wildman–Crippen MR) is 73.3 cm³/mol. The Balaban J connectivity index is -0.000000196. The molecule has 0 bridgehead atoms.